The second-order valence-electron chi connectivity index (χ2n) is 9.91. The van der Waals surface area contributed by atoms with Gasteiger partial charge in [0.2, 0.25) is 5.91 Å². The number of carbonyl (C=O) groups excluding carboxylic acids is 3. The molecular formula is C28H35ClN2O5S. The lowest BCUT2D eigenvalue weighted by Gasteiger charge is -2.37. The fourth-order valence-corrected chi connectivity index (χ4v) is 8.77. The molecule has 200 valence electrons. The highest BCUT2D eigenvalue weighted by Crippen LogP contribution is 2.66. The van der Waals surface area contributed by atoms with Gasteiger partial charge in [-0.15, -0.1) is 24.9 Å². The van der Waals surface area contributed by atoms with E-state index in [0.717, 1.165) is 31.2 Å². The monoisotopic (exact) mass is 546 g/mol. The van der Waals surface area contributed by atoms with E-state index in [1.807, 2.05) is 25.1 Å². The van der Waals surface area contributed by atoms with E-state index in [4.69, 9.17) is 16.3 Å². The van der Waals surface area contributed by atoms with Crippen LogP contribution in [0.3, 0.4) is 0 Å². The lowest BCUT2D eigenvalue weighted by Crippen LogP contribution is -2.55. The molecule has 3 aliphatic rings. The minimum Gasteiger partial charge on any atom is -0.465 e. The number of nitrogens with zero attached hydrogens (tertiary/aromatic N) is 2. The van der Waals surface area contributed by atoms with E-state index in [1.165, 1.54) is 4.90 Å². The van der Waals surface area contributed by atoms with Crippen molar-refractivity contribution >= 4 is 46.8 Å². The first-order valence-electron chi connectivity index (χ1n) is 12.9. The normalized spacial score (nSPS) is 27.8. The standard InChI is InChI=1S/C28H35ClN2O5S/c1-4-6-7-8-17-36-27(35)21-20-12-13-28(37-20)22(21)25(33)31(15-16-32)24(28)26(34)30(14-5-2)23-18(3)10-9-11-19(23)29/h4-5,9-11,20-22,24,32H,1-2,6-8,12-17H2,3H3/t20-,21+,22-,24?,28?/m0/s1. The van der Waals surface area contributed by atoms with Gasteiger partial charge in [-0.05, 0) is 50.7 Å². The smallest absolute Gasteiger partial charge is 0.310 e. The molecule has 4 rings (SSSR count). The number of amides is 2. The molecule has 0 aromatic heterocycles. The van der Waals surface area contributed by atoms with Gasteiger partial charge in [0, 0.05) is 18.3 Å². The Morgan fingerprint density at radius 2 is 2.11 bits per heavy atom. The van der Waals surface area contributed by atoms with Crippen LogP contribution in [0, 0.1) is 18.8 Å². The first-order chi connectivity index (χ1) is 17.8. The summed E-state index contributed by atoms with van der Waals surface area (Å²) in [7, 11) is 0. The molecule has 7 nitrogen and oxygen atoms in total. The van der Waals surface area contributed by atoms with Gasteiger partial charge in [0.25, 0.3) is 5.91 Å². The summed E-state index contributed by atoms with van der Waals surface area (Å²) in [5, 5.41) is 10.2. The number of anilines is 1. The van der Waals surface area contributed by atoms with Crippen LogP contribution in [0.25, 0.3) is 0 Å². The van der Waals surface area contributed by atoms with Crippen molar-refractivity contribution < 1.29 is 24.2 Å². The number of benzene rings is 1. The Morgan fingerprint density at radius 3 is 2.78 bits per heavy atom. The van der Waals surface area contributed by atoms with E-state index in [-0.39, 0.29) is 42.7 Å². The number of esters is 1. The molecule has 2 amide bonds. The van der Waals surface area contributed by atoms with Gasteiger partial charge in [-0.2, -0.15) is 0 Å². The molecule has 2 unspecified atom stereocenters. The molecule has 3 heterocycles. The fourth-order valence-electron chi connectivity index (χ4n) is 6.24. The van der Waals surface area contributed by atoms with Crippen molar-refractivity contribution in [2.24, 2.45) is 11.8 Å². The minimum atomic E-state index is -0.826. The lowest BCUT2D eigenvalue weighted by molar-refractivity contribution is -0.154. The summed E-state index contributed by atoms with van der Waals surface area (Å²) in [4.78, 5) is 44.5. The molecule has 0 aliphatic carbocycles. The van der Waals surface area contributed by atoms with Crippen molar-refractivity contribution in [2.75, 3.05) is 31.2 Å². The van der Waals surface area contributed by atoms with Gasteiger partial charge in [0.1, 0.15) is 6.04 Å². The van der Waals surface area contributed by atoms with Crippen LogP contribution in [0.15, 0.2) is 43.5 Å². The number of hydrogen-bond donors (Lipinski definition) is 1. The second-order valence-corrected chi connectivity index (χ2v) is 11.9. The van der Waals surface area contributed by atoms with Gasteiger partial charge in [-0.3, -0.25) is 14.4 Å². The van der Waals surface area contributed by atoms with Gasteiger partial charge in [0.05, 0.1) is 40.5 Å². The first-order valence-corrected chi connectivity index (χ1v) is 14.1. The van der Waals surface area contributed by atoms with Crippen LogP contribution in [-0.4, -0.2) is 70.1 Å². The second kappa shape index (κ2) is 11.6. The third kappa shape index (κ3) is 4.84. The van der Waals surface area contributed by atoms with Gasteiger partial charge >= 0.3 is 5.97 Å². The Morgan fingerprint density at radius 1 is 1.32 bits per heavy atom. The summed E-state index contributed by atoms with van der Waals surface area (Å²) in [6.45, 7) is 9.68. The molecular weight excluding hydrogens is 512 g/mol. The Labute approximate surface area is 227 Å². The molecule has 5 atom stereocenters. The van der Waals surface area contributed by atoms with Crippen LogP contribution in [0.4, 0.5) is 5.69 Å². The number of likely N-dealkylation sites (tertiary alicyclic amines) is 1. The zero-order valence-corrected chi connectivity index (χ0v) is 22.8. The zero-order valence-electron chi connectivity index (χ0n) is 21.2. The van der Waals surface area contributed by atoms with Gasteiger partial charge in [-0.25, -0.2) is 0 Å². The van der Waals surface area contributed by atoms with Gasteiger partial charge in [0.15, 0.2) is 0 Å². The lowest BCUT2D eigenvalue weighted by atomic mass is 9.71. The molecule has 0 radical (unpaired) electrons. The van der Waals surface area contributed by atoms with E-state index >= 15 is 0 Å². The number of hydrogen-bond acceptors (Lipinski definition) is 6. The molecule has 3 saturated heterocycles. The number of β-amino-alcohol motifs (C(OH)–C–C–N with tert-alkyl or cyclic N) is 1. The predicted molar refractivity (Wildman–Crippen MR) is 147 cm³/mol. The summed E-state index contributed by atoms with van der Waals surface area (Å²) in [5.74, 6) is -2.15. The predicted octanol–water partition coefficient (Wildman–Crippen LogP) is 4.15. The zero-order chi connectivity index (χ0) is 26.7. The van der Waals surface area contributed by atoms with Crippen LogP contribution in [0.1, 0.15) is 37.7 Å². The van der Waals surface area contributed by atoms with Crippen molar-refractivity contribution in [2.45, 2.75) is 55.1 Å². The molecule has 1 aromatic rings. The van der Waals surface area contributed by atoms with E-state index < -0.39 is 22.6 Å². The molecule has 1 N–H and O–H groups in total. The molecule has 1 spiro atoms. The number of aryl methyl sites for hydroxylation is 1. The van der Waals surface area contributed by atoms with E-state index in [2.05, 4.69) is 13.2 Å². The minimum absolute atomic E-state index is 0.0193. The number of carbonyl (C=O) groups is 3. The SMILES string of the molecule is C=CCCCCOC(=O)[C@@H]1[C@@H]2CCC3(S2)C(C(=O)N(CC=C)c2c(C)cccc2Cl)N(CCO)C(=O)[C@H]13. The Hall–Kier alpha value is -2.29. The van der Waals surface area contributed by atoms with E-state index in [0.29, 0.717) is 23.7 Å². The maximum atomic E-state index is 14.4. The summed E-state index contributed by atoms with van der Waals surface area (Å²) in [5.41, 5.74) is 1.41. The van der Waals surface area contributed by atoms with Crippen molar-refractivity contribution in [1.29, 1.82) is 0 Å². The average Bonchev–Trinajstić information content (AvgIpc) is 3.51. The molecule has 0 saturated carbocycles. The van der Waals surface area contributed by atoms with Crippen molar-refractivity contribution in [1.82, 2.24) is 4.90 Å². The number of para-hydroxylation sites is 1. The number of aliphatic hydroxyl groups excluding tert-OH is 1. The molecule has 37 heavy (non-hydrogen) atoms. The summed E-state index contributed by atoms with van der Waals surface area (Å²) in [6, 6.07) is 4.61. The summed E-state index contributed by atoms with van der Waals surface area (Å²) >= 11 is 8.13. The maximum Gasteiger partial charge on any atom is 0.310 e. The van der Waals surface area contributed by atoms with Crippen molar-refractivity contribution in [3.05, 3.63) is 54.1 Å². The van der Waals surface area contributed by atoms with Gasteiger partial charge < -0.3 is 19.6 Å². The topological polar surface area (TPSA) is 87.2 Å². The Bertz CT molecular complexity index is 1060. The fraction of sp³-hybridized carbons (Fsp3) is 0.536. The number of halogens is 1. The number of unbranched alkanes of at least 4 members (excludes halogenated alkanes) is 2. The van der Waals surface area contributed by atoms with Crippen molar-refractivity contribution in [3.8, 4) is 0 Å². The Kier molecular flexibility index (Phi) is 8.71. The number of thioether (sulfide) groups is 1. The van der Waals surface area contributed by atoms with E-state index in [1.54, 1.807) is 28.8 Å². The third-order valence-corrected chi connectivity index (χ3v) is 9.99. The Balaban J connectivity index is 1.67. The first kappa shape index (κ1) is 27.7. The third-order valence-electron chi connectivity index (χ3n) is 7.73. The van der Waals surface area contributed by atoms with Crippen LogP contribution in [0.5, 0.6) is 0 Å². The largest absolute Gasteiger partial charge is 0.465 e. The van der Waals surface area contributed by atoms with Crippen LogP contribution in [-0.2, 0) is 19.1 Å². The summed E-state index contributed by atoms with van der Waals surface area (Å²) in [6.07, 6.45) is 7.31. The summed E-state index contributed by atoms with van der Waals surface area (Å²) < 4.78 is 4.87. The molecule has 2 bridgehead atoms. The average molecular weight is 547 g/mol. The highest BCUT2D eigenvalue weighted by molar-refractivity contribution is 8.02. The molecule has 1 aromatic carbocycles. The van der Waals surface area contributed by atoms with Crippen molar-refractivity contribution in [3.63, 3.8) is 0 Å². The quantitative estimate of drug-likeness (QED) is 0.241. The number of allylic oxidation sites excluding steroid dienone is 1. The van der Waals surface area contributed by atoms with Gasteiger partial charge in [-0.1, -0.05) is 35.9 Å². The number of fused-ring (bicyclic) bond motifs is 1. The van der Waals surface area contributed by atoms with Crippen LogP contribution >= 0.6 is 23.4 Å². The highest BCUT2D eigenvalue weighted by Gasteiger charge is 2.74. The van der Waals surface area contributed by atoms with E-state index in [9.17, 15) is 19.5 Å². The molecule has 3 fully saturated rings. The highest BCUT2D eigenvalue weighted by atomic mass is 35.5. The number of aliphatic hydroxyl groups is 1. The van der Waals surface area contributed by atoms with Crippen LogP contribution in [0.2, 0.25) is 5.02 Å². The maximum absolute atomic E-state index is 14.4. The molecule has 3 aliphatic heterocycles. The number of ether oxygens (including phenoxy) is 1. The number of rotatable bonds is 12. The van der Waals surface area contributed by atoms with Crippen LogP contribution < -0.4 is 4.90 Å². The molecule has 9 heteroatoms.